The normalized spacial score (nSPS) is 24.8. The molecule has 0 spiro atoms. The highest BCUT2D eigenvalue weighted by molar-refractivity contribution is 5.95. The van der Waals surface area contributed by atoms with Gasteiger partial charge in [0.05, 0.1) is 5.41 Å². The lowest BCUT2D eigenvalue weighted by Gasteiger charge is -2.27. The van der Waals surface area contributed by atoms with Gasteiger partial charge in [-0.1, -0.05) is 18.6 Å². The van der Waals surface area contributed by atoms with Crippen molar-refractivity contribution in [3.63, 3.8) is 0 Å². The van der Waals surface area contributed by atoms with E-state index in [1.54, 1.807) is 0 Å². The number of carboxylic acids is 1. The molecule has 1 saturated carbocycles. The Morgan fingerprint density at radius 3 is 2.86 bits per heavy atom. The molecule has 1 fully saturated rings. The number of rotatable bonds is 5. The number of nitrogens with two attached hydrogens (primary N) is 1. The third kappa shape index (κ3) is 3.61. The van der Waals surface area contributed by atoms with Crippen molar-refractivity contribution in [2.24, 2.45) is 11.1 Å². The third-order valence-corrected chi connectivity index (χ3v) is 4.36. The van der Waals surface area contributed by atoms with E-state index in [0.717, 1.165) is 24.8 Å². The molecular weight excluding hydrogens is 268 g/mol. The molecule has 5 heteroatoms. The van der Waals surface area contributed by atoms with Crippen LogP contribution in [-0.4, -0.2) is 23.0 Å². The zero-order chi connectivity index (χ0) is 15.5. The van der Waals surface area contributed by atoms with Gasteiger partial charge in [0.15, 0.2) is 0 Å². The number of anilines is 1. The third-order valence-electron chi connectivity index (χ3n) is 4.36. The van der Waals surface area contributed by atoms with Gasteiger partial charge in [-0.15, -0.1) is 0 Å². The summed E-state index contributed by atoms with van der Waals surface area (Å²) >= 11 is 0. The molecule has 0 heterocycles. The molecule has 1 amide bonds. The molecule has 2 atom stereocenters. The molecule has 0 saturated heterocycles. The van der Waals surface area contributed by atoms with Crippen molar-refractivity contribution in [2.45, 2.75) is 45.1 Å². The van der Waals surface area contributed by atoms with Gasteiger partial charge in [0, 0.05) is 18.2 Å². The van der Waals surface area contributed by atoms with Crippen molar-refractivity contribution in [3.05, 3.63) is 29.8 Å². The maximum atomic E-state index is 12.4. The first-order valence-electron chi connectivity index (χ1n) is 7.29. The lowest BCUT2D eigenvalue weighted by Crippen LogP contribution is -2.44. The summed E-state index contributed by atoms with van der Waals surface area (Å²) in [5, 5.41) is 11.6. The molecule has 0 aromatic heterocycles. The zero-order valence-corrected chi connectivity index (χ0v) is 12.3. The van der Waals surface area contributed by atoms with Crippen molar-refractivity contribution >= 4 is 17.6 Å². The first-order valence-corrected chi connectivity index (χ1v) is 7.29. The van der Waals surface area contributed by atoms with E-state index in [0.29, 0.717) is 12.1 Å². The van der Waals surface area contributed by atoms with Crippen LogP contribution in [0.15, 0.2) is 24.3 Å². The topological polar surface area (TPSA) is 92.4 Å². The van der Waals surface area contributed by atoms with E-state index in [1.165, 1.54) is 0 Å². The van der Waals surface area contributed by atoms with Crippen LogP contribution in [0.1, 0.15) is 38.2 Å². The monoisotopic (exact) mass is 290 g/mol. The SMILES string of the molecule is CC1(C(=O)Nc2cccc(CCC(=O)O)c2)CCCC1N. The molecule has 1 aliphatic carbocycles. The maximum Gasteiger partial charge on any atom is 0.303 e. The number of hydrogen-bond donors (Lipinski definition) is 3. The first kappa shape index (κ1) is 15.5. The van der Waals surface area contributed by atoms with E-state index in [2.05, 4.69) is 5.32 Å². The summed E-state index contributed by atoms with van der Waals surface area (Å²) in [6, 6.07) is 7.22. The second kappa shape index (κ2) is 6.26. The second-order valence-corrected chi connectivity index (χ2v) is 5.96. The van der Waals surface area contributed by atoms with Crippen LogP contribution in [-0.2, 0) is 16.0 Å². The van der Waals surface area contributed by atoms with Crippen LogP contribution in [0.4, 0.5) is 5.69 Å². The molecule has 0 bridgehead atoms. The minimum absolute atomic E-state index is 0.0529. The Morgan fingerprint density at radius 1 is 1.48 bits per heavy atom. The summed E-state index contributed by atoms with van der Waals surface area (Å²) in [6.07, 6.45) is 3.20. The fourth-order valence-corrected chi connectivity index (χ4v) is 2.80. The van der Waals surface area contributed by atoms with Crippen LogP contribution < -0.4 is 11.1 Å². The molecular formula is C16H22N2O3. The average Bonchev–Trinajstić information content (AvgIpc) is 2.78. The molecule has 1 aromatic carbocycles. The number of aliphatic carboxylic acids is 1. The number of carboxylic acid groups (broad SMARTS) is 1. The molecule has 2 rings (SSSR count). The molecule has 2 unspecified atom stereocenters. The highest BCUT2D eigenvalue weighted by Gasteiger charge is 2.42. The Morgan fingerprint density at radius 2 is 2.24 bits per heavy atom. The van der Waals surface area contributed by atoms with Gasteiger partial charge < -0.3 is 16.2 Å². The fraction of sp³-hybridized carbons (Fsp3) is 0.500. The lowest BCUT2D eigenvalue weighted by atomic mass is 9.84. The summed E-state index contributed by atoms with van der Waals surface area (Å²) in [4.78, 5) is 23.0. The Kier molecular flexibility index (Phi) is 4.63. The summed E-state index contributed by atoms with van der Waals surface area (Å²) < 4.78 is 0. The molecule has 0 aliphatic heterocycles. The number of carbonyl (C=O) groups is 2. The van der Waals surface area contributed by atoms with Gasteiger partial charge in [-0.05, 0) is 43.9 Å². The smallest absolute Gasteiger partial charge is 0.303 e. The predicted molar refractivity (Wildman–Crippen MR) is 81.0 cm³/mol. The van der Waals surface area contributed by atoms with E-state index in [4.69, 9.17) is 10.8 Å². The second-order valence-electron chi connectivity index (χ2n) is 5.96. The summed E-state index contributed by atoms with van der Waals surface area (Å²) in [5.74, 6) is -0.878. The zero-order valence-electron chi connectivity index (χ0n) is 12.3. The molecule has 1 aliphatic rings. The van der Waals surface area contributed by atoms with Crippen LogP contribution in [0.2, 0.25) is 0 Å². The molecule has 4 N–H and O–H groups in total. The molecule has 21 heavy (non-hydrogen) atoms. The van der Waals surface area contributed by atoms with E-state index >= 15 is 0 Å². The van der Waals surface area contributed by atoms with Crippen molar-refractivity contribution < 1.29 is 14.7 Å². The summed E-state index contributed by atoms with van der Waals surface area (Å²) in [5.41, 5.74) is 7.13. The van der Waals surface area contributed by atoms with Gasteiger partial charge in [-0.25, -0.2) is 0 Å². The number of benzene rings is 1. The van der Waals surface area contributed by atoms with Gasteiger partial charge in [0.1, 0.15) is 0 Å². The van der Waals surface area contributed by atoms with Crippen LogP contribution in [0, 0.1) is 5.41 Å². The average molecular weight is 290 g/mol. The summed E-state index contributed by atoms with van der Waals surface area (Å²) in [7, 11) is 0. The molecule has 0 radical (unpaired) electrons. The quantitative estimate of drug-likeness (QED) is 0.774. The largest absolute Gasteiger partial charge is 0.481 e. The number of nitrogens with one attached hydrogen (secondary N) is 1. The van der Waals surface area contributed by atoms with Crippen molar-refractivity contribution in [1.82, 2.24) is 0 Å². The van der Waals surface area contributed by atoms with E-state index in [1.807, 2.05) is 31.2 Å². The number of carbonyl (C=O) groups excluding carboxylic acids is 1. The Hall–Kier alpha value is -1.88. The summed E-state index contributed by atoms with van der Waals surface area (Å²) in [6.45, 7) is 1.91. The highest BCUT2D eigenvalue weighted by Crippen LogP contribution is 2.37. The molecule has 1 aromatic rings. The van der Waals surface area contributed by atoms with Crippen molar-refractivity contribution in [3.8, 4) is 0 Å². The van der Waals surface area contributed by atoms with Crippen LogP contribution in [0.5, 0.6) is 0 Å². The van der Waals surface area contributed by atoms with Crippen molar-refractivity contribution in [2.75, 3.05) is 5.32 Å². The van der Waals surface area contributed by atoms with Crippen LogP contribution >= 0.6 is 0 Å². The molecule has 114 valence electrons. The van der Waals surface area contributed by atoms with Crippen LogP contribution in [0.3, 0.4) is 0 Å². The first-order chi connectivity index (χ1) is 9.91. The maximum absolute atomic E-state index is 12.4. The minimum Gasteiger partial charge on any atom is -0.481 e. The van der Waals surface area contributed by atoms with E-state index < -0.39 is 11.4 Å². The minimum atomic E-state index is -0.825. The highest BCUT2D eigenvalue weighted by atomic mass is 16.4. The van der Waals surface area contributed by atoms with Crippen molar-refractivity contribution in [1.29, 1.82) is 0 Å². The van der Waals surface area contributed by atoms with E-state index in [9.17, 15) is 9.59 Å². The molecule has 5 nitrogen and oxygen atoms in total. The Labute approximate surface area is 124 Å². The van der Waals surface area contributed by atoms with Gasteiger partial charge in [0.25, 0.3) is 0 Å². The lowest BCUT2D eigenvalue weighted by molar-refractivity contribution is -0.137. The van der Waals surface area contributed by atoms with Gasteiger partial charge in [-0.2, -0.15) is 0 Å². The Bertz CT molecular complexity index is 544. The Balaban J connectivity index is 2.04. The van der Waals surface area contributed by atoms with Gasteiger partial charge >= 0.3 is 5.97 Å². The number of amides is 1. The number of hydrogen-bond acceptors (Lipinski definition) is 3. The standard InChI is InChI=1S/C16H22N2O3/c1-16(9-3-6-13(16)17)15(21)18-12-5-2-4-11(10-12)7-8-14(19)20/h2,4-5,10,13H,3,6-9,17H2,1H3,(H,18,21)(H,19,20). The van der Waals surface area contributed by atoms with Gasteiger partial charge in [0.2, 0.25) is 5.91 Å². The fourth-order valence-electron chi connectivity index (χ4n) is 2.80. The van der Waals surface area contributed by atoms with E-state index in [-0.39, 0.29) is 18.4 Å². The number of aryl methyl sites for hydroxylation is 1. The van der Waals surface area contributed by atoms with Crippen LogP contribution in [0.25, 0.3) is 0 Å². The van der Waals surface area contributed by atoms with Gasteiger partial charge in [-0.3, -0.25) is 9.59 Å². The predicted octanol–water partition coefficient (Wildman–Crippen LogP) is 2.16.